The molecule has 6 aromatic carbocycles. The van der Waals surface area contributed by atoms with Gasteiger partial charge in [-0.2, -0.15) is 0 Å². The summed E-state index contributed by atoms with van der Waals surface area (Å²) in [5.41, 5.74) is 0.593. The Morgan fingerprint density at radius 3 is 1.50 bits per heavy atom. The summed E-state index contributed by atoms with van der Waals surface area (Å²) < 4.78 is 2.06. The van der Waals surface area contributed by atoms with Gasteiger partial charge in [0.05, 0.1) is 0 Å². The second kappa shape index (κ2) is 11.4. The van der Waals surface area contributed by atoms with E-state index in [9.17, 15) is 0 Å². The third-order valence-electron chi connectivity index (χ3n) is 8.49. The van der Waals surface area contributed by atoms with Crippen molar-refractivity contribution in [1.82, 2.24) is 4.98 Å². The van der Waals surface area contributed by atoms with Gasteiger partial charge in [0.2, 0.25) is 0 Å². The van der Waals surface area contributed by atoms with Gasteiger partial charge in [0, 0.05) is 0 Å². The van der Waals surface area contributed by atoms with Gasteiger partial charge in [-0.1, -0.05) is 0 Å². The van der Waals surface area contributed by atoms with E-state index in [4.69, 9.17) is 4.98 Å². The first-order valence-electron chi connectivity index (χ1n) is 14.7. The number of fused-ring (bicyclic) bond motifs is 1. The summed E-state index contributed by atoms with van der Waals surface area (Å²) in [5, 5.41) is 6.40. The maximum absolute atomic E-state index is 15.5. The standard InChI is InChI=1S/C40H31N2OP/c43-40(33-19-5-1-6-20-33)42(39-30-15-16-31-41-39)44(34-22-7-2-8-23-34,35-24-9-3-10-25-35,36-26-11-4-12-27-36)38-29-17-21-32-18-13-14-28-37(32)38/h1-31H. The zero-order valence-corrected chi connectivity index (χ0v) is 25.0. The fourth-order valence-corrected chi connectivity index (χ4v) is 13.7. The van der Waals surface area contributed by atoms with Crippen LogP contribution in [0.1, 0.15) is 10.4 Å². The number of hydrogen-bond acceptors (Lipinski definition) is 2. The molecule has 0 aliphatic heterocycles. The summed E-state index contributed by atoms with van der Waals surface area (Å²) in [4.78, 5) is 20.5. The first kappa shape index (κ1) is 27.5. The second-order valence-corrected chi connectivity index (χ2v) is 15.3. The van der Waals surface area contributed by atoms with Gasteiger partial charge in [0.25, 0.3) is 0 Å². The molecule has 7 aromatic rings. The summed E-state index contributed by atoms with van der Waals surface area (Å²) in [6, 6.07) is 62.1. The molecule has 3 nitrogen and oxygen atoms in total. The van der Waals surface area contributed by atoms with E-state index < -0.39 is 6.75 Å². The zero-order chi connectivity index (χ0) is 29.8. The van der Waals surface area contributed by atoms with E-state index in [1.54, 1.807) is 6.20 Å². The SMILES string of the molecule is O=C(c1ccccc1)N(c1ccccn1)P(c1ccccc1)(c1ccccc1)(c1ccccc1)c1cccc2ccccc12. The van der Waals surface area contributed by atoms with Crippen molar-refractivity contribution in [2.24, 2.45) is 0 Å². The molecular formula is C40H31N2OP. The minimum atomic E-state index is -4.27. The second-order valence-electron chi connectivity index (χ2n) is 10.7. The molecule has 0 unspecified atom stereocenters. The molecule has 0 saturated heterocycles. The quantitative estimate of drug-likeness (QED) is 0.180. The first-order chi connectivity index (χ1) is 21.8. The maximum atomic E-state index is 15.5. The molecule has 0 atom stereocenters. The molecule has 0 aliphatic carbocycles. The monoisotopic (exact) mass is 586 g/mol. The zero-order valence-electron chi connectivity index (χ0n) is 24.1. The number of aromatic nitrogens is 1. The third kappa shape index (κ3) is 4.01. The average molecular weight is 587 g/mol. The predicted molar refractivity (Wildman–Crippen MR) is 186 cm³/mol. The molecule has 212 valence electrons. The molecule has 7 rings (SSSR count). The average Bonchev–Trinajstić information content (AvgIpc) is 3.12. The first-order valence-corrected chi connectivity index (χ1v) is 16.9. The van der Waals surface area contributed by atoms with Crippen LogP contribution in [0.15, 0.2) is 188 Å². The van der Waals surface area contributed by atoms with Crippen LogP contribution >= 0.6 is 6.75 Å². The van der Waals surface area contributed by atoms with Gasteiger partial charge in [-0.3, -0.25) is 0 Å². The van der Waals surface area contributed by atoms with Gasteiger partial charge < -0.3 is 0 Å². The van der Waals surface area contributed by atoms with E-state index >= 15 is 4.79 Å². The molecule has 1 aromatic heterocycles. The summed E-state index contributed by atoms with van der Waals surface area (Å²) in [6.07, 6.45) is 1.77. The van der Waals surface area contributed by atoms with Crippen LogP contribution in [0.25, 0.3) is 10.8 Å². The number of carbonyl (C=O) groups is 1. The molecule has 0 spiro atoms. The number of pyridine rings is 1. The van der Waals surface area contributed by atoms with Gasteiger partial charge in [-0.05, 0) is 0 Å². The number of benzene rings is 6. The van der Waals surface area contributed by atoms with Crippen molar-refractivity contribution in [1.29, 1.82) is 0 Å². The molecule has 0 saturated carbocycles. The Morgan fingerprint density at radius 2 is 0.955 bits per heavy atom. The normalized spacial score (nSPS) is 12.2. The van der Waals surface area contributed by atoms with E-state index in [1.165, 1.54) is 0 Å². The molecule has 0 aliphatic rings. The van der Waals surface area contributed by atoms with Crippen LogP contribution < -0.4 is 25.9 Å². The van der Waals surface area contributed by atoms with Crippen LogP contribution in [0.2, 0.25) is 0 Å². The van der Waals surface area contributed by atoms with Crippen molar-refractivity contribution in [3.63, 3.8) is 0 Å². The summed E-state index contributed by atoms with van der Waals surface area (Å²) in [5.74, 6) is 0.468. The van der Waals surface area contributed by atoms with E-state index in [-0.39, 0.29) is 5.91 Å². The molecule has 0 fully saturated rings. The van der Waals surface area contributed by atoms with Crippen LogP contribution in [-0.4, -0.2) is 10.9 Å². The van der Waals surface area contributed by atoms with Crippen LogP contribution in [0.5, 0.6) is 0 Å². The van der Waals surface area contributed by atoms with E-state index in [0.717, 1.165) is 32.0 Å². The topological polar surface area (TPSA) is 33.2 Å². The number of nitrogens with zero attached hydrogens (tertiary/aromatic N) is 2. The van der Waals surface area contributed by atoms with Crippen molar-refractivity contribution in [3.05, 3.63) is 194 Å². The third-order valence-corrected chi connectivity index (χ3v) is 14.9. The Labute approximate surface area is 258 Å². The Hall–Kier alpha value is -5.37. The summed E-state index contributed by atoms with van der Waals surface area (Å²) in [6.45, 7) is -4.27. The molecule has 4 heteroatoms. The van der Waals surface area contributed by atoms with Crippen molar-refractivity contribution in [3.8, 4) is 0 Å². The van der Waals surface area contributed by atoms with Crippen molar-refractivity contribution >= 4 is 50.5 Å². The minimum absolute atomic E-state index is 0.119. The molecule has 0 N–H and O–H groups in total. The van der Waals surface area contributed by atoms with Gasteiger partial charge in [-0.25, -0.2) is 0 Å². The van der Waals surface area contributed by atoms with Crippen LogP contribution in [0.3, 0.4) is 0 Å². The fourth-order valence-electron chi connectivity index (χ4n) is 6.73. The number of anilines is 1. The molecule has 1 amide bonds. The Morgan fingerprint density at radius 1 is 0.477 bits per heavy atom. The van der Waals surface area contributed by atoms with Gasteiger partial charge in [0.15, 0.2) is 0 Å². The molecule has 44 heavy (non-hydrogen) atoms. The van der Waals surface area contributed by atoms with E-state index in [1.807, 2.05) is 66.7 Å². The number of amides is 1. The Kier molecular flexibility index (Phi) is 7.10. The van der Waals surface area contributed by atoms with Crippen molar-refractivity contribution < 1.29 is 4.79 Å². The molecule has 0 radical (unpaired) electrons. The fraction of sp³-hybridized carbons (Fsp3) is 0. The van der Waals surface area contributed by atoms with Crippen LogP contribution in [-0.2, 0) is 0 Å². The van der Waals surface area contributed by atoms with Gasteiger partial charge >= 0.3 is 259 Å². The van der Waals surface area contributed by atoms with Crippen molar-refractivity contribution in [2.45, 2.75) is 0 Å². The van der Waals surface area contributed by atoms with Crippen LogP contribution in [0, 0.1) is 0 Å². The Bertz CT molecular complexity index is 1930. The number of hydrogen-bond donors (Lipinski definition) is 0. The summed E-state index contributed by atoms with van der Waals surface area (Å²) >= 11 is 0. The Balaban J connectivity index is 1.84. The van der Waals surface area contributed by atoms with Gasteiger partial charge in [0.1, 0.15) is 0 Å². The number of carbonyl (C=O) groups excluding carboxylic acids is 1. The van der Waals surface area contributed by atoms with E-state index in [0.29, 0.717) is 11.4 Å². The predicted octanol–water partition coefficient (Wildman–Crippen LogP) is 7.65. The summed E-state index contributed by atoms with van der Waals surface area (Å²) in [7, 11) is 0. The van der Waals surface area contributed by atoms with E-state index in [2.05, 4.69) is 120 Å². The molecule has 0 bridgehead atoms. The van der Waals surface area contributed by atoms with Gasteiger partial charge in [-0.15, -0.1) is 0 Å². The molecular weight excluding hydrogens is 555 g/mol. The molecule has 1 heterocycles. The van der Waals surface area contributed by atoms with Crippen molar-refractivity contribution in [2.75, 3.05) is 4.67 Å². The van der Waals surface area contributed by atoms with Crippen LogP contribution in [0.4, 0.5) is 5.82 Å². The number of rotatable bonds is 7.